The molecule has 1 N–H and O–H groups in total. The maximum atomic E-state index is 14.0. The fourth-order valence-corrected chi connectivity index (χ4v) is 5.84. The topological polar surface area (TPSA) is 52.7 Å². The highest BCUT2D eigenvalue weighted by atomic mass is 16.2. The van der Waals surface area contributed by atoms with Crippen LogP contribution < -0.4 is 5.32 Å². The first-order valence-corrected chi connectivity index (χ1v) is 11.6. The minimum absolute atomic E-state index is 0.0160. The van der Waals surface area contributed by atoms with Gasteiger partial charge in [0, 0.05) is 23.3 Å². The highest BCUT2D eigenvalue weighted by molar-refractivity contribution is 6.12. The van der Waals surface area contributed by atoms with Gasteiger partial charge in [-0.2, -0.15) is 0 Å². The fraction of sp³-hybridized carbons (Fsp3) is 0.407. The van der Waals surface area contributed by atoms with Gasteiger partial charge in [0.2, 0.25) is 5.91 Å². The van der Waals surface area contributed by atoms with E-state index in [1.807, 2.05) is 58.3 Å². The summed E-state index contributed by atoms with van der Waals surface area (Å²) in [6, 6.07) is 17.6. The summed E-state index contributed by atoms with van der Waals surface area (Å²) in [5, 5.41) is 3.64. The maximum Gasteiger partial charge on any atom is 0.251 e. The van der Waals surface area contributed by atoms with Crippen LogP contribution in [-0.2, 0) is 15.0 Å². The van der Waals surface area contributed by atoms with Crippen LogP contribution in [0.2, 0.25) is 0 Å². The van der Waals surface area contributed by atoms with E-state index in [1.165, 1.54) is 0 Å². The molecule has 5 nitrogen and oxygen atoms in total. The molecule has 166 valence electrons. The summed E-state index contributed by atoms with van der Waals surface area (Å²) in [5.74, 6) is 0.0168. The number of fused-ring (bicyclic) bond motifs is 1. The number of amides is 2. The Balaban J connectivity index is 1.80. The molecule has 0 aromatic heterocycles. The molecule has 1 spiro atoms. The first-order chi connectivity index (χ1) is 15.3. The van der Waals surface area contributed by atoms with Crippen molar-refractivity contribution < 1.29 is 9.59 Å². The van der Waals surface area contributed by atoms with Gasteiger partial charge in [0.15, 0.2) is 0 Å². The van der Waals surface area contributed by atoms with Crippen LogP contribution in [-0.4, -0.2) is 45.9 Å². The SMILES string of the molecule is CCCCN1C(=O)/C(=C\c2ccccc2)[C@@]23c4ccccc4N[C@@H]2N(C(C)(C)C)C(=O)[C@@H]13. The van der Waals surface area contributed by atoms with Gasteiger partial charge in [-0.05, 0) is 50.5 Å². The number of rotatable bonds is 4. The zero-order valence-electron chi connectivity index (χ0n) is 19.3. The Bertz CT molecular complexity index is 1100. The summed E-state index contributed by atoms with van der Waals surface area (Å²) in [4.78, 5) is 31.8. The van der Waals surface area contributed by atoms with E-state index in [0.717, 1.165) is 29.7 Å². The number of carbonyl (C=O) groups excluding carboxylic acids is 2. The molecule has 3 atom stereocenters. The van der Waals surface area contributed by atoms with Gasteiger partial charge in [0.1, 0.15) is 12.2 Å². The van der Waals surface area contributed by atoms with E-state index in [9.17, 15) is 9.59 Å². The Morgan fingerprint density at radius 2 is 1.72 bits per heavy atom. The van der Waals surface area contributed by atoms with Gasteiger partial charge in [-0.3, -0.25) is 9.59 Å². The number of anilines is 1. The molecule has 2 aromatic rings. The highest BCUT2D eigenvalue weighted by Gasteiger charge is 2.73. The monoisotopic (exact) mass is 429 g/mol. The zero-order valence-corrected chi connectivity index (χ0v) is 19.3. The van der Waals surface area contributed by atoms with Crippen molar-refractivity contribution in [1.82, 2.24) is 9.80 Å². The van der Waals surface area contributed by atoms with E-state index in [1.54, 1.807) is 0 Å². The van der Waals surface area contributed by atoms with Crippen LogP contribution in [0.4, 0.5) is 5.69 Å². The predicted molar refractivity (Wildman–Crippen MR) is 127 cm³/mol. The van der Waals surface area contributed by atoms with Crippen molar-refractivity contribution >= 4 is 23.6 Å². The molecule has 32 heavy (non-hydrogen) atoms. The lowest BCUT2D eigenvalue weighted by molar-refractivity contribution is -0.141. The summed E-state index contributed by atoms with van der Waals surface area (Å²) >= 11 is 0. The van der Waals surface area contributed by atoms with Crippen LogP contribution in [0.5, 0.6) is 0 Å². The Hall–Kier alpha value is -3.08. The molecule has 5 heteroatoms. The van der Waals surface area contributed by atoms with Crippen LogP contribution in [0.1, 0.15) is 51.7 Å². The van der Waals surface area contributed by atoms with E-state index in [0.29, 0.717) is 12.1 Å². The summed E-state index contributed by atoms with van der Waals surface area (Å²) in [6.07, 6.45) is 3.55. The highest BCUT2D eigenvalue weighted by Crippen LogP contribution is 2.60. The van der Waals surface area contributed by atoms with Gasteiger partial charge in [-0.15, -0.1) is 0 Å². The van der Waals surface area contributed by atoms with E-state index in [-0.39, 0.29) is 23.5 Å². The molecule has 2 aromatic carbocycles. The molecule has 3 aliphatic rings. The number of nitrogens with one attached hydrogen (secondary N) is 1. The number of hydrogen-bond donors (Lipinski definition) is 1. The second-order valence-electron chi connectivity index (χ2n) is 10.1. The largest absolute Gasteiger partial charge is 0.364 e. The van der Waals surface area contributed by atoms with Crippen molar-refractivity contribution in [2.45, 2.75) is 63.7 Å². The molecule has 3 aliphatic heterocycles. The number of carbonyl (C=O) groups is 2. The van der Waals surface area contributed by atoms with Crippen LogP contribution >= 0.6 is 0 Å². The van der Waals surface area contributed by atoms with Crippen molar-refractivity contribution in [2.75, 3.05) is 11.9 Å². The van der Waals surface area contributed by atoms with Crippen LogP contribution in [0.25, 0.3) is 6.08 Å². The van der Waals surface area contributed by atoms with E-state index < -0.39 is 11.5 Å². The normalized spacial score (nSPS) is 27.6. The predicted octanol–water partition coefficient (Wildman–Crippen LogP) is 4.41. The lowest BCUT2D eigenvalue weighted by Gasteiger charge is -2.39. The molecule has 2 amide bonds. The lowest BCUT2D eigenvalue weighted by Crippen LogP contribution is -2.53. The third-order valence-electron chi connectivity index (χ3n) is 7.09. The van der Waals surface area contributed by atoms with Crippen LogP contribution in [0, 0.1) is 0 Å². The Labute approximate surface area is 190 Å². The van der Waals surface area contributed by atoms with Gasteiger partial charge < -0.3 is 15.1 Å². The number of likely N-dealkylation sites (tertiary alicyclic amines) is 2. The van der Waals surface area contributed by atoms with Crippen LogP contribution in [0.15, 0.2) is 60.2 Å². The molecule has 0 saturated carbocycles. The quantitative estimate of drug-likeness (QED) is 0.733. The first kappa shape index (κ1) is 20.8. The molecular formula is C27H31N3O2. The average molecular weight is 430 g/mol. The van der Waals surface area contributed by atoms with Gasteiger partial charge >= 0.3 is 0 Å². The Kier molecular flexibility index (Phi) is 4.70. The van der Waals surface area contributed by atoms with Crippen molar-refractivity contribution in [3.63, 3.8) is 0 Å². The molecule has 0 aliphatic carbocycles. The minimum atomic E-state index is -0.735. The summed E-state index contributed by atoms with van der Waals surface area (Å²) < 4.78 is 0. The number of benzene rings is 2. The molecule has 2 saturated heterocycles. The average Bonchev–Trinajstić information content (AvgIpc) is 3.30. The number of unbranched alkanes of at least 4 members (excludes halogenated alkanes) is 1. The lowest BCUT2D eigenvalue weighted by atomic mass is 9.71. The van der Waals surface area contributed by atoms with Crippen molar-refractivity contribution in [2.24, 2.45) is 0 Å². The first-order valence-electron chi connectivity index (χ1n) is 11.6. The van der Waals surface area contributed by atoms with Gasteiger partial charge in [0.25, 0.3) is 5.91 Å². The summed E-state index contributed by atoms with van der Waals surface area (Å²) in [5.41, 5.74) is 2.63. The fourth-order valence-electron chi connectivity index (χ4n) is 5.84. The zero-order chi connectivity index (χ0) is 22.7. The Morgan fingerprint density at radius 3 is 2.41 bits per heavy atom. The van der Waals surface area contributed by atoms with Crippen molar-refractivity contribution in [3.8, 4) is 0 Å². The van der Waals surface area contributed by atoms with E-state index >= 15 is 0 Å². The molecule has 0 bridgehead atoms. The molecule has 0 radical (unpaired) electrons. The summed E-state index contributed by atoms with van der Waals surface area (Å²) in [6.45, 7) is 8.92. The van der Waals surface area contributed by atoms with E-state index in [4.69, 9.17) is 0 Å². The molecule has 0 unspecified atom stereocenters. The van der Waals surface area contributed by atoms with E-state index in [2.05, 4.69) is 45.1 Å². The number of nitrogens with zero attached hydrogens (tertiary/aromatic N) is 2. The second-order valence-corrected chi connectivity index (χ2v) is 10.1. The van der Waals surface area contributed by atoms with Crippen LogP contribution in [0.3, 0.4) is 0 Å². The number of hydrogen-bond acceptors (Lipinski definition) is 3. The van der Waals surface area contributed by atoms with Gasteiger partial charge in [-0.1, -0.05) is 61.9 Å². The standard InChI is InChI=1S/C27H31N3O2/c1-5-6-16-29-22-24(32)30(26(2,3)4)25-27(22,19-14-10-11-15-21(19)28-25)20(23(29)31)17-18-12-8-7-9-13-18/h7-15,17,22,25,28H,5-6,16H2,1-4H3/b20-17+/t22-,25-,27-/m1/s1. The summed E-state index contributed by atoms with van der Waals surface area (Å²) in [7, 11) is 0. The minimum Gasteiger partial charge on any atom is -0.364 e. The van der Waals surface area contributed by atoms with Crippen molar-refractivity contribution in [3.05, 3.63) is 71.3 Å². The number of para-hydroxylation sites is 1. The third-order valence-corrected chi connectivity index (χ3v) is 7.09. The molecular weight excluding hydrogens is 398 g/mol. The molecule has 3 heterocycles. The Morgan fingerprint density at radius 1 is 1.03 bits per heavy atom. The van der Waals surface area contributed by atoms with Crippen molar-refractivity contribution in [1.29, 1.82) is 0 Å². The molecule has 5 rings (SSSR count). The van der Waals surface area contributed by atoms with Gasteiger partial charge in [-0.25, -0.2) is 0 Å². The maximum absolute atomic E-state index is 14.0. The van der Waals surface area contributed by atoms with Gasteiger partial charge in [0.05, 0.1) is 5.41 Å². The smallest absolute Gasteiger partial charge is 0.251 e. The molecule has 2 fully saturated rings. The third kappa shape index (κ3) is 2.70. The second kappa shape index (κ2) is 7.22.